The summed E-state index contributed by atoms with van der Waals surface area (Å²) >= 11 is 0. The lowest BCUT2D eigenvalue weighted by molar-refractivity contribution is 0.251. The summed E-state index contributed by atoms with van der Waals surface area (Å²) in [5.41, 5.74) is 2.90. The first kappa shape index (κ1) is 15.9. The Morgan fingerprint density at radius 1 is 1.28 bits per heavy atom. The molecule has 0 saturated heterocycles. The van der Waals surface area contributed by atoms with Crippen molar-refractivity contribution in [1.82, 2.24) is 5.43 Å². The molecule has 0 spiro atoms. The molecule has 1 aliphatic carbocycles. The summed E-state index contributed by atoms with van der Waals surface area (Å²) in [6.45, 7) is 4.40. The number of nitrogens with one attached hydrogen (secondary N) is 1. The van der Waals surface area contributed by atoms with Crippen molar-refractivity contribution < 1.29 is 8.42 Å². The minimum atomic E-state index is -2.90. The first-order chi connectivity index (χ1) is 8.34. The topological polar surface area (TPSA) is 72.2 Å². The van der Waals surface area contributed by atoms with Gasteiger partial charge in [0, 0.05) is 12.3 Å². The molecule has 5 heteroatoms. The van der Waals surface area contributed by atoms with E-state index in [4.69, 9.17) is 5.84 Å². The van der Waals surface area contributed by atoms with Gasteiger partial charge in [0.2, 0.25) is 0 Å². The molecular formula is C13H28N2O2S. The maximum absolute atomic E-state index is 11.7. The molecule has 1 saturated carbocycles. The Kier molecular flexibility index (Phi) is 6.08. The van der Waals surface area contributed by atoms with Crippen LogP contribution < -0.4 is 11.3 Å². The van der Waals surface area contributed by atoms with E-state index in [2.05, 4.69) is 19.3 Å². The first-order valence-electron chi connectivity index (χ1n) is 6.99. The number of hydrogen-bond acceptors (Lipinski definition) is 4. The summed E-state index contributed by atoms with van der Waals surface area (Å²) in [5.74, 6) is 6.71. The van der Waals surface area contributed by atoms with E-state index < -0.39 is 9.84 Å². The maximum atomic E-state index is 11.7. The molecule has 108 valence electrons. The number of hydrogen-bond donors (Lipinski definition) is 2. The van der Waals surface area contributed by atoms with Crippen LogP contribution in [0.2, 0.25) is 0 Å². The highest BCUT2D eigenvalue weighted by atomic mass is 32.2. The highest BCUT2D eigenvalue weighted by Gasteiger charge is 2.32. The Morgan fingerprint density at radius 3 is 2.44 bits per heavy atom. The van der Waals surface area contributed by atoms with Crippen molar-refractivity contribution >= 4 is 9.84 Å². The fourth-order valence-corrected chi connectivity index (χ4v) is 4.10. The number of sulfone groups is 1. The molecule has 0 aromatic heterocycles. The summed E-state index contributed by atoms with van der Waals surface area (Å²) in [7, 11) is -2.90. The van der Waals surface area contributed by atoms with E-state index in [0.29, 0.717) is 11.8 Å². The molecule has 0 radical (unpaired) electrons. The lowest BCUT2D eigenvalue weighted by Gasteiger charge is -2.33. The van der Waals surface area contributed by atoms with Gasteiger partial charge in [-0.25, -0.2) is 8.42 Å². The molecule has 18 heavy (non-hydrogen) atoms. The largest absolute Gasteiger partial charge is 0.271 e. The van der Waals surface area contributed by atoms with E-state index in [-0.39, 0.29) is 11.3 Å². The third-order valence-corrected chi connectivity index (χ3v) is 5.75. The molecule has 0 aliphatic heterocycles. The van der Waals surface area contributed by atoms with Gasteiger partial charge in [0.05, 0.1) is 5.25 Å². The third kappa shape index (κ3) is 4.86. The molecule has 0 amide bonds. The molecule has 1 rings (SSSR count). The highest BCUT2D eigenvalue weighted by molar-refractivity contribution is 7.91. The summed E-state index contributed by atoms with van der Waals surface area (Å²) in [6.07, 6.45) is 7.22. The monoisotopic (exact) mass is 276 g/mol. The van der Waals surface area contributed by atoms with Crippen LogP contribution in [-0.4, -0.2) is 26.0 Å². The first-order valence-corrected chi connectivity index (χ1v) is 8.95. The van der Waals surface area contributed by atoms with Gasteiger partial charge in [-0.1, -0.05) is 20.3 Å². The van der Waals surface area contributed by atoms with Gasteiger partial charge < -0.3 is 0 Å². The van der Waals surface area contributed by atoms with Crippen molar-refractivity contribution in [2.24, 2.45) is 17.7 Å². The number of nitrogens with two attached hydrogens (primary N) is 1. The van der Waals surface area contributed by atoms with Crippen LogP contribution in [0.1, 0.15) is 52.4 Å². The molecule has 0 bridgehead atoms. The fraction of sp³-hybridized carbons (Fsp3) is 1.00. The average Bonchev–Trinajstić information content (AvgIpc) is 2.29. The van der Waals surface area contributed by atoms with Crippen LogP contribution in [-0.2, 0) is 9.84 Å². The highest BCUT2D eigenvalue weighted by Crippen LogP contribution is 2.32. The lowest BCUT2D eigenvalue weighted by Crippen LogP contribution is -2.44. The van der Waals surface area contributed by atoms with Crippen LogP contribution in [0.3, 0.4) is 0 Å². The molecule has 1 aliphatic rings. The minimum absolute atomic E-state index is 0.161. The Labute approximate surface area is 112 Å². The van der Waals surface area contributed by atoms with Crippen LogP contribution in [0.5, 0.6) is 0 Å². The van der Waals surface area contributed by atoms with Crippen molar-refractivity contribution in [1.29, 1.82) is 0 Å². The van der Waals surface area contributed by atoms with Crippen molar-refractivity contribution in [3.05, 3.63) is 0 Å². The van der Waals surface area contributed by atoms with Crippen molar-refractivity contribution in [2.75, 3.05) is 6.26 Å². The van der Waals surface area contributed by atoms with Crippen LogP contribution in [0.25, 0.3) is 0 Å². The molecule has 0 heterocycles. The molecule has 4 nitrogen and oxygen atoms in total. The quantitative estimate of drug-likeness (QED) is 0.574. The van der Waals surface area contributed by atoms with Gasteiger partial charge in [0.1, 0.15) is 9.84 Å². The molecular weight excluding hydrogens is 248 g/mol. The van der Waals surface area contributed by atoms with E-state index >= 15 is 0 Å². The van der Waals surface area contributed by atoms with E-state index in [1.54, 1.807) is 0 Å². The predicted octanol–water partition coefficient (Wildman–Crippen LogP) is 1.86. The summed E-state index contributed by atoms with van der Waals surface area (Å²) < 4.78 is 23.3. The van der Waals surface area contributed by atoms with Crippen LogP contribution in [0.15, 0.2) is 0 Å². The average molecular weight is 276 g/mol. The normalized spacial score (nSPS) is 27.4. The van der Waals surface area contributed by atoms with Gasteiger partial charge in [-0.2, -0.15) is 0 Å². The zero-order chi connectivity index (χ0) is 13.8. The van der Waals surface area contributed by atoms with Crippen LogP contribution in [0.4, 0.5) is 0 Å². The standard InChI is InChI=1S/C13H28N2O2S/c1-10(2)7-8-13(15-14)11-5-4-6-12(9-11)18(3,16)17/h10-13,15H,4-9,14H2,1-3H3. The zero-order valence-electron chi connectivity index (χ0n) is 11.9. The Balaban J connectivity index is 2.58. The molecule has 0 aromatic rings. The van der Waals surface area contributed by atoms with Crippen molar-refractivity contribution in [2.45, 2.75) is 63.7 Å². The summed E-state index contributed by atoms with van der Waals surface area (Å²) in [4.78, 5) is 0. The molecule has 0 aromatic carbocycles. The SMILES string of the molecule is CC(C)CCC(NN)C1CCCC(S(C)(=O)=O)C1. The molecule has 1 fully saturated rings. The van der Waals surface area contributed by atoms with Gasteiger partial charge in [0.15, 0.2) is 0 Å². The van der Waals surface area contributed by atoms with Crippen molar-refractivity contribution in [3.63, 3.8) is 0 Å². The fourth-order valence-electron chi connectivity index (χ4n) is 2.90. The molecule has 3 unspecified atom stereocenters. The number of rotatable bonds is 6. The van der Waals surface area contributed by atoms with Crippen LogP contribution in [0, 0.1) is 11.8 Å². The molecule has 3 atom stereocenters. The van der Waals surface area contributed by atoms with Gasteiger partial charge in [0.25, 0.3) is 0 Å². The maximum Gasteiger partial charge on any atom is 0.150 e. The summed E-state index contributed by atoms with van der Waals surface area (Å²) in [5, 5.41) is -0.161. The van der Waals surface area contributed by atoms with Crippen molar-refractivity contribution in [3.8, 4) is 0 Å². The van der Waals surface area contributed by atoms with Crippen LogP contribution >= 0.6 is 0 Å². The van der Waals surface area contributed by atoms with Gasteiger partial charge in [-0.15, -0.1) is 0 Å². The minimum Gasteiger partial charge on any atom is -0.271 e. The smallest absolute Gasteiger partial charge is 0.150 e. The molecule has 3 N–H and O–H groups in total. The van der Waals surface area contributed by atoms with E-state index in [0.717, 1.165) is 38.5 Å². The lowest BCUT2D eigenvalue weighted by atomic mass is 9.81. The second kappa shape index (κ2) is 6.87. The summed E-state index contributed by atoms with van der Waals surface area (Å²) in [6, 6.07) is 0.261. The van der Waals surface area contributed by atoms with E-state index in [1.165, 1.54) is 6.26 Å². The Bertz CT molecular complexity index is 341. The van der Waals surface area contributed by atoms with Gasteiger partial charge in [-0.3, -0.25) is 11.3 Å². The second-order valence-electron chi connectivity index (χ2n) is 6.12. The number of hydrazine groups is 1. The van der Waals surface area contributed by atoms with Gasteiger partial charge in [-0.05, 0) is 43.9 Å². The van der Waals surface area contributed by atoms with E-state index in [9.17, 15) is 8.42 Å². The Hall–Kier alpha value is -0.130. The second-order valence-corrected chi connectivity index (χ2v) is 8.45. The zero-order valence-corrected chi connectivity index (χ0v) is 12.7. The Morgan fingerprint density at radius 2 is 1.94 bits per heavy atom. The van der Waals surface area contributed by atoms with E-state index in [1.807, 2.05) is 0 Å². The predicted molar refractivity (Wildman–Crippen MR) is 75.8 cm³/mol. The van der Waals surface area contributed by atoms with Gasteiger partial charge >= 0.3 is 0 Å². The third-order valence-electron chi connectivity index (χ3n) is 4.11.